The lowest BCUT2D eigenvalue weighted by Crippen LogP contribution is -2.34. The molecule has 2 N–H and O–H groups in total. The first-order chi connectivity index (χ1) is 12.1. The van der Waals surface area contributed by atoms with Gasteiger partial charge in [-0.25, -0.2) is 4.98 Å². The molecule has 0 spiro atoms. The van der Waals surface area contributed by atoms with Gasteiger partial charge in [-0.1, -0.05) is 19.8 Å². The van der Waals surface area contributed by atoms with Gasteiger partial charge in [-0.2, -0.15) is 4.98 Å². The summed E-state index contributed by atoms with van der Waals surface area (Å²) in [7, 11) is 3.96. The van der Waals surface area contributed by atoms with E-state index in [9.17, 15) is 4.79 Å². The van der Waals surface area contributed by atoms with E-state index in [-0.39, 0.29) is 5.91 Å². The van der Waals surface area contributed by atoms with Crippen LogP contribution >= 0.6 is 0 Å². The Balaban J connectivity index is 1.67. The molecular weight excluding hydrogens is 314 g/mol. The molecule has 1 amide bonds. The van der Waals surface area contributed by atoms with E-state index < -0.39 is 0 Å². The Morgan fingerprint density at radius 3 is 2.68 bits per heavy atom. The highest BCUT2D eigenvalue weighted by Crippen LogP contribution is 2.25. The zero-order valence-electron chi connectivity index (χ0n) is 15.9. The quantitative estimate of drug-likeness (QED) is 0.671. The highest BCUT2D eigenvalue weighted by atomic mass is 16.1. The molecule has 0 saturated heterocycles. The average Bonchev–Trinajstić information content (AvgIpc) is 2.61. The molecule has 1 aliphatic carbocycles. The summed E-state index contributed by atoms with van der Waals surface area (Å²) in [6.45, 7) is 2.98. The second-order valence-corrected chi connectivity index (χ2v) is 7.26. The van der Waals surface area contributed by atoms with Crippen LogP contribution in [-0.4, -0.2) is 42.6 Å². The molecular formula is C19H33N5O. The Bertz CT molecular complexity index is 526. The minimum Gasteiger partial charge on any atom is -0.363 e. The van der Waals surface area contributed by atoms with Gasteiger partial charge in [-0.05, 0) is 44.1 Å². The van der Waals surface area contributed by atoms with E-state index in [1.54, 1.807) is 6.20 Å². The molecule has 1 heterocycles. The number of hydrogen-bond acceptors (Lipinski definition) is 5. The summed E-state index contributed by atoms with van der Waals surface area (Å²) in [5, 5.41) is 6.57. The first kappa shape index (κ1) is 19.5. The Labute approximate surface area is 151 Å². The molecule has 0 bridgehead atoms. The van der Waals surface area contributed by atoms with E-state index >= 15 is 0 Å². The van der Waals surface area contributed by atoms with Crippen molar-refractivity contribution in [2.45, 2.75) is 64.3 Å². The Morgan fingerprint density at radius 1 is 1.24 bits per heavy atom. The lowest BCUT2D eigenvalue weighted by molar-refractivity contribution is -0.121. The lowest BCUT2D eigenvalue weighted by atomic mass is 9.86. The zero-order chi connectivity index (χ0) is 18.1. The van der Waals surface area contributed by atoms with Crippen LogP contribution in [0.25, 0.3) is 0 Å². The van der Waals surface area contributed by atoms with Gasteiger partial charge >= 0.3 is 0 Å². The van der Waals surface area contributed by atoms with E-state index in [0.717, 1.165) is 57.3 Å². The van der Waals surface area contributed by atoms with Gasteiger partial charge in [-0.3, -0.25) is 4.79 Å². The third-order valence-corrected chi connectivity index (χ3v) is 4.87. The third kappa shape index (κ3) is 6.88. The van der Waals surface area contributed by atoms with Crippen molar-refractivity contribution in [1.29, 1.82) is 0 Å². The maximum absolute atomic E-state index is 11.8. The maximum atomic E-state index is 11.8. The fourth-order valence-corrected chi connectivity index (χ4v) is 3.24. The fourth-order valence-electron chi connectivity index (χ4n) is 3.24. The van der Waals surface area contributed by atoms with Crippen molar-refractivity contribution in [2.75, 3.05) is 30.9 Å². The molecule has 1 saturated carbocycles. The lowest BCUT2D eigenvalue weighted by Gasteiger charge is -2.29. The molecule has 2 rings (SSSR count). The first-order valence-electron chi connectivity index (χ1n) is 9.62. The Hall–Kier alpha value is -1.85. The Morgan fingerprint density at radius 2 is 2.00 bits per heavy atom. The van der Waals surface area contributed by atoms with Crippen LogP contribution in [0.15, 0.2) is 12.3 Å². The van der Waals surface area contributed by atoms with E-state index in [2.05, 4.69) is 27.5 Å². The van der Waals surface area contributed by atoms with Crippen LogP contribution in [0.2, 0.25) is 0 Å². The molecule has 1 aliphatic rings. The predicted octanol–water partition coefficient (Wildman–Crippen LogP) is 3.21. The van der Waals surface area contributed by atoms with Crippen LogP contribution in [0.3, 0.4) is 0 Å². The molecule has 140 valence electrons. The second-order valence-electron chi connectivity index (χ2n) is 7.26. The van der Waals surface area contributed by atoms with Gasteiger partial charge < -0.3 is 15.5 Å². The van der Waals surface area contributed by atoms with Crippen molar-refractivity contribution in [2.24, 2.45) is 5.92 Å². The molecule has 1 aromatic rings. The van der Waals surface area contributed by atoms with Crippen LogP contribution < -0.4 is 15.5 Å². The summed E-state index contributed by atoms with van der Waals surface area (Å²) in [5.41, 5.74) is 0. The monoisotopic (exact) mass is 347 g/mol. The number of carbonyl (C=O) groups excluding carboxylic acids is 1. The van der Waals surface area contributed by atoms with Gasteiger partial charge in [0, 0.05) is 39.3 Å². The van der Waals surface area contributed by atoms with Crippen LogP contribution in [0.4, 0.5) is 11.8 Å². The number of rotatable bonds is 9. The number of aromatic nitrogens is 2. The van der Waals surface area contributed by atoms with Crippen LogP contribution in [0, 0.1) is 5.92 Å². The van der Waals surface area contributed by atoms with Gasteiger partial charge in [0.15, 0.2) is 0 Å². The SMILES string of the molecule is CCCCCC(=O)NCC1CCC(Nc2nccc(N(C)C)n2)CC1. The summed E-state index contributed by atoms with van der Waals surface area (Å²) in [4.78, 5) is 22.6. The number of nitrogens with zero attached hydrogens (tertiary/aromatic N) is 3. The summed E-state index contributed by atoms with van der Waals surface area (Å²) >= 11 is 0. The normalized spacial score (nSPS) is 20.1. The maximum Gasteiger partial charge on any atom is 0.224 e. The highest BCUT2D eigenvalue weighted by Gasteiger charge is 2.22. The van der Waals surface area contributed by atoms with Crippen molar-refractivity contribution in [1.82, 2.24) is 15.3 Å². The molecule has 1 fully saturated rings. The summed E-state index contributed by atoms with van der Waals surface area (Å²) in [5.74, 6) is 2.43. The molecule has 0 aliphatic heterocycles. The molecule has 0 aromatic carbocycles. The molecule has 6 heteroatoms. The van der Waals surface area contributed by atoms with E-state index in [0.29, 0.717) is 24.3 Å². The predicted molar refractivity (Wildman–Crippen MR) is 103 cm³/mol. The number of hydrogen-bond donors (Lipinski definition) is 2. The third-order valence-electron chi connectivity index (χ3n) is 4.87. The van der Waals surface area contributed by atoms with Gasteiger partial charge in [0.1, 0.15) is 5.82 Å². The van der Waals surface area contributed by atoms with Crippen LogP contribution in [0.5, 0.6) is 0 Å². The minimum atomic E-state index is 0.211. The average molecular weight is 348 g/mol. The van der Waals surface area contributed by atoms with Crippen molar-refractivity contribution in [3.05, 3.63) is 12.3 Å². The summed E-state index contributed by atoms with van der Waals surface area (Å²) in [6.07, 6.45) is 10.3. The summed E-state index contributed by atoms with van der Waals surface area (Å²) < 4.78 is 0. The zero-order valence-corrected chi connectivity index (χ0v) is 15.9. The molecule has 0 unspecified atom stereocenters. The number of unbranched alkanes of at least 4 members (excludes halogenated alkanes) is 2. The largest absolute Gasteiger partial charge is 0.363 e. The number of nitrogens with one attached hydrogen (secondary N) is 2. The minimum absolute atomic E-state index is 0.211. The molecule has 1 aromatic heterocycles. The molecule has 0 radical (unpaired) electrons. The van der Waals surface area contributed by atoms with Crippen LogP contribution in [-0.2, 0) is 4.79 Å². The van der Waals surface area contributed by atoms with Gasteiger partial charge in [0.2, 0.25) is 11.9 Å². The van der Waals surface area contributed by atoms with E-state index in [1.807, 2.05) is 25.1 Å². The number of amides is 1. The smallest absolute Gasteiger partial charge is 0.224 e. The van der Waals surface area contributed by atoms with Crippen molar-refractivity contribution in [3.8, 4) is 0 Å². The number of anilines is 2. The Kier molecular flexibility index (Phi) is 7.95. The molecule has 25 heavy (non-hydrogen) atoms. The van der Waals surface area contributed by atoms with Gasteiger partial charge in [0.05, 0.1) is 0 Å². The molecule has 6 nitrogen and oxygen atoms in total. The van der Waals surface area contributed by atoms with E-state index in [4.69, 9.17) is 0 Å². The number of carbonyl (C=O) groups is 1. The van der Waals surface area contributed by atoms with Crippen LogP contribution in [0.1, 0.15) is 58.3 Å². The highest BCUT2D eigenvalue weighted by molar-refractivity contribution is 5.75. The van der Waals surface area contributed by atoms with Crippen molar-refractivity contribution in [3.63, 3.8) is 0 Å². The summed E-state index contributed by atoms with van der Waals surface area (Å²) in [6, 6.07) is 2.33. The van der Waals surface area contributed by atoms with E-state index in [1.165, 1.54) is 0 Å². The van der Waals surface area contributed by atoms with Gasteiger partial charge in [0.25, 0.3) is 0 Å². The van der Waals surface area contributed by atoms with Gasteiger partial charge in [-0.15, -0.1) is 0 Å². The standard InChI is InChI=1S/C19H33N5O/c1-4-5-6-7-18(25)21-14-15-8-10-16(11-9-15)22-19-20-13-12-17(23-19)24(2)3/h12-13,15-16H,4-11,14H2,1-3H3,(H,21,25)(H,20,22,23). The topological polar surface area (TPSA) is 70.2 Å². The van der Waals surface area contributed by atoms with Crippen molar-refractivity contribution < 1.29 is 4.79 Å². The fraction of sp³-hybridized carbons (Fsp3) is 0.737. The molecule has 0 atom stereocenters. The second kappa shape index (κ2) is 10.2. The van der Waals surface area contributed by atoms with Crippen molar-refractivity contribution >= 4 is 17.7 Å². The first-order valence-corrected chi connectivity index (χ1v) is 9.62.